The molecule has 5 atom stereocenters. The number of aromatic nitrogens is 2. The van der Waals surface area contributed by atoms with Crippen molar-refractivity contribution in [3.05, 3.63) is 46.6 Å². The Labute approximate surface area is 218 Å². The molecule has 0 amide bonds. The van der Waals surface area contributed by atoms with Crippen LogP contribution in [0.3, 0.4) is 0 Å². The van der Waals surface area contributed by atoms with Gasteiger partial charge in [0.2, 0.25) is 5.95 Å². The van der Waals surface area contributed by atoms with Crippen LogP contribution >= 0.6 is 11.6 Å². The van der Waals surface area contributed by atoms with Crippen molar-refractivity contribution in [1.82, 2.24) is 14.9 Å². The van der Waals surface area contributed by atoms with Crippen LogP contribution in [0.1, 0.15) is 56.1 Å². The van der Waals surface area contributed by atoms with Gasteiger partial charge < -0.3 is 16.4 Å². The second-order valence-electron chi connectivity index (χ2n) is 11.7. The van der Waals surface area contributed by atoms with Gasteiger partial charge in [0, 0.05) is 30.2 Å². The summed E-state index contributed by atoms with van der Waals surface area (Å²) in [6.45, 7) is 3.75. The maximum atomic E-state index is 9.69. The lowest BCUT2D eigenvalue weighted by atomic mass is 9.47. The summed E-state index contributed by atoms with van der Waals surface area (Å²) in [6, 6.07) is 11.1. The number of nitrogens with two attached hydrogens (primary N) is 1. The average Bonchev–Trinajstić information content (AvgIpc) is 2.87. The molecular weight excluding hydrogens is 470 g/mol. The maximum Gasteiger partial charge on any atom is 0.224 e. The average molecular weight is 506 g/mol. The van der Waals surface area contributed by atoms with Gasteiger partial charge in [0.25, 0.3) is 0 Å². The molecule has 2 heterocycles. The molecule has 0 spiro atoms. The molecule has 4 bridgehead atoms. The zero-order valence-corrected chi connectivity index (χ0v) is 21.6. The highest BCUT2D eigenvalue weighted by Gasteiger charge is 2.56. The van der Waals surface area contributed by atoms with Gasteiger partial charge in [-0.2, -0.15) is 10.2 Å². The Morgan fingerprint density at radius 1 is 1.11 bits per heavy atom. The van der Waals surface area contributed by atoms with Crippen molar-refractivity contribution in [1.29, 1.82) is 5.26 Å². The number of anilines is 2. The minimum Gasteiger partial charge on any atom is -0.368 e. The number of rotatable bonds is 7. The van der Waals surface area contributed by atoms with E-state index in [-0.39, 0.29) is 0 Å². The normalized spacial score (nSPS) is 31.8. The molecule has 4 N–H and O–H groups in total. The van der Waals surface area contributed by atoms with Gasteiger partial charge in [-0.25, -0.2) is 4.98 Å². The van der Waals surface area contributed by atoms with Crippen molar-refractivity contribution in [2.45, 2.75) is 63.6 Å². The van der Waals surface area contributed by atoms with Gasteiger partial charge in [-0.05, 0) is 92.8 Å². The minimum atomic E-state index is 0.308. The summed E-state index contributed by atoms with van der Waals surface area (Å²) in [4.78, 5) is 11.8. The fraction of sp³-hybridized carbons (Fsp3) is 0.607. The number of nitrogens with one attached hydrogen (secondary N) is 2. The van der Waals surface area contributed by atoms with E-state index in [2.05, 4.69) is 31.6 Å². The van der Waals surface area contributed by atoms with Crippen LogP contribution in [0, 0.1) is 34.5 Å². The molecule has 4 saturated carbocycles. The lowest BCUT2D eigenvalue weighted by Crippen LogP contribution is -2.62. The lowest BCUT2D eigenvalue weighted by Gasteiger charge is -2.62. The second kappa shape index (κ2) is 9.81. The van der Waals surface area contributed by atoms with E-state index in [9.17, 15) is 5.26 Å². The molecule has 2 aromatic rings. The van der Waals surface area contributed by atoms with Gasteiger partial charge in [0.1, 0.15) is 17.5 Å². The highest BCUT2D eigenvalue weighted by Crippen LogP contribution is 2.61. The van der Waals surface area contributed by atoms with Gasteiger partial charge in [-0.3, -0.25) is 4.90 Å². The van der Waals surface area contributed by atoms with Crippen LogP contribution in [-0.4, -0.2) is 46.6 Å². The monoisotopic (exact) mass is 505 g/mol. The summed E-state index contributed by atoms with van der Waals surface area (Å²) in [5, 5.41) is 17.3. The number of hydrogen-bond donors (Lipinski definition) is 3. The molecule has 7 rings (SSSR count). The Kier molecular flexibility index (Phi) is 6.53. The summed E-state index contributed by atoms with van der Waals surface area (Å²) in [7, 11) is 0. The minimum absolute atomic E-state index is 0.308. The Balaban J connectivity index is 1.13. The number of nitrogens with zero attached hydrogens (tertiary/aromatic N) is 4. The first kappa shape index (κ1) is 24.0. The first-order valence-corrected chi connectivity index (χ1v) is 13.9. The van der Waals surface area contributed by atoms with E-state index >= 15 is 0 Å². The van der Waals surface area contributed by atoms with Gasteiger partial charge in [0.15, 0.2) is 0 Å². The number of nitriles is 1. The van der Waals surface area contributed by atoms with E-state index in [4.69, 9.17) is 17.3 Å². The smallest absolute Gasteiger partial charge is 0.224 e. The maximum absolute atomic E-state index is 9.69. The Bertz CT molecular complexity index is 1120. The van der Waals surface area contributed by atoms with Crippen LogP contribution < -0.4 is 16.4 Å². The number of halogens is 1. The summed E-state index contributed by atoms with van der Waals surface area (Å²) < 4.78 is 0. The zero-order valence-electron chi connectivity index (χ0n) is 20.8. The van der Waals surface area contributed by atoms with Gasteiger partial charge in [-0.15, -0.1) is 0 Å². The summed E-state index contributed by atoms with van der Waals surface area (Å²) in [5.74, 6) is 3.57. The number of hydrogen-bond acceptors (Lipinski definition) is 7. The van der Waals surface area contributed by atoms with E-state index in [1.54, 1.807) is 6.20 Å². The van der Waals surface area contributed by atoms with E-state index in [0.29, 0.717) is 40.4 Å². The van der Waals surface area contributed by atoms with Crippen LogP contribution in [0.5, 0.6) is 0 Å². The highest BCUT2D eigenvalue weighted by atomic mass is 35.5. The Hall–Kier alpha value is -2.40. The van der Waals surface area contributed by atoms with Crippen molar-refractivity contribution in [2.24, 2.45) is 28.9 Å². The molecule has 0 radical (unpaired) electrons. The third-order valence-corrected chi connectivity index (χ3v) is 9.65. The standard InChI is InChI=1S/C28H36ClN7/c29-24-4-2-1-3-19(24)15-32-27-33-16-22(14-30)26(35-27)34-17-28-11-18-9-20(12-28)25(21(10-18)13-28)36-7-5-23(31)6-8-36/h1-4,16,18,20-21,23,25H,5-13,15,17,31H2,(H2,32,33,34,35)/t18?,20-,21+,25?,28?. The van der Waals surface area contributed by atoms with Gasteiger partial charge in [0.05, 0.1) is 6.20 Å². The van der Waals surface area contributed by atoms with E-state index in [0.717, 1.165) is 48.7 Å². The summed E-state index contributed by atoms with van der Waals surface area (Å²) in [5.41, 5.74) is 7.98. The zero-order chi connectivity index (χ0) is 24.7. The third kappa shape index (κ3) is 4.67. The molecule has 190 valence electrons. The molecule has 5 fully saturated rings. The van der Waals surface area contributed by atoms with Crippen LogP contribution in [-0.2, 0) is 6.54 Å². The SMILES string of the molecule is N#Cc1cnc(NCc2ccccc2Cl)nc1NCC12CC3C[C@H](C1)C(N1CCC(N)CC1)[C@@H](C3)C2. The van der Waals surface area contributed by atoms with E-state index in [1.807, 2.05) is 24.3 Å². The molecule has 5 aliphatic rings. The van der Waals surface area contributed by atoms with Crippen molar-refractivity contribution in [3.8, 4) is 6.07 Å². The highest BCUT2D eigenvalue weighted by molar-refractivity contribution is 6.31. The second-order valence-corrected chi connectivity index (χ2v) is 12.1. The van der Waals surface area contributed by atoms with Crippen LogP contribution in [0.15, 0.2) is 30.5 Å². The molecule has 8 heteroatoms. The topological polar surface area (TPSA) is 103 Å². The molecule has 1 aliphatic heterocycles. The molecule has 7 nitrogen and oxygen atoms in total. The summed E-state index contributed by atoms with van der Waals surface area (Å²) in [6.07, 6.45) is 10.5. The van der Waals surface area contributed by atoms with Gasteiger partial charge >= 0.3 is 0 Å². The molecule has 36 heavy (non-hydrogen) atoms. The molecule has 1 aromatic heterocycles. The van der Waals surface area contributed by atoms with Crippen LogP contribution in [0.2, 0.25) is 5.02 Å². The predicted octanol–water partition coefficient (Wildman–Crippen LogP) is 4.64. The van der Waals surface area contributed by atoms with Crippen molar-refractivity contribution in [2.75, 3.05) is 30.3 Å². The quantitative estimate of drug-likeness (QED) is 0.503. The molecule has 1 aromatic carbocycles. The molecular formula is C28H36ClN7. The van der Waals surface area contributed by atoms with Crippen LogP contribution in [0.4, 0.5) is 11.8 Å². The molecule has 4 aliphatic carbocycles. The fourth-order valence-electron chi connectivity index (χ4n) is 7.97. The predicted molar refractivity (Wildman–Crippen MR) is 143 cm³/mol. The fourth-order valence-corrected chi connectivity index (χ4v) is 8.17. The van der Waals surface area contributed by atoms with E-state index in [1.165, 1.54) is 45.2 Å². The van der Waals surface area contributed by atoms with Crippen molar-refractivity contribution < 1.29 is 0 Å². The van der Waals surface area contributed by atoms with E-state index < -0.39 is 0 Å². The number of benzene rings is 1. The summed E-state index contributed by atoms with van der Waals surface area (Å²) >= 11 is 6.29. The molecule has 3 unspecified atom stereocenters. The third-order valence-electron chi connectivity index (χ3n) is 9.28. The molecule has 1 saturated heterocycles. The van der Waals surface area contributed by atoms with Crippen molar-refractivity contribution >= 4 is 23.4 Å². The first-order valence-electron chi connectivity index (χ1n) is 13.5. The largest absolute Gasteiger partial charge is 0.368 e. The first-order chi connectivity index (χ1) is 17.5. The lowest BCUT2D eigenvalue weighted by molar-refractivity contribution is -0.111. The Morgan fingerprint density at radius 3 is 2.58 bits per heavy atom. The number of piperidine rings is 1. The van der Waals surface area contributed by atoms with Crippen LogP contribution in [0.25, 0.3) is 0 Å². The number of likely N-dealkylation sites (tertiary alicyclic amines) is 1. The van der Waals surface area contributed by atoms with Crippen molar-refractivity contribution in [3.63, 3.8) is 0 Å². The Morgan fingerprint density at radius 2 is 1.86 bits per heavy atom. The van der Waals surface area contributed by atoms with Gasteiger partial charge in [-0.1, -0.05) is 29.8 Å².